The monoisotopic (exact) mass is 331 g/mol. The second kappa shape index (κ2) is 4.83. The van der Waals surface area contributed by atoms with Crippen LogP contribution in [0, 0.1) is 0 Å². The van der Waals surface area contributed by atoms with E-state index in [0.717, 1.165) is 17.7 Å². The smallest absolute Gasteiger partial charge is 0.323 e. The number of halogens is 3. The third-order valence-electron chi connectivity index (χ3n) is 4.36. The van der Waals surface area contributed by atoms with Gasteiger partial charge >= 0.3 is 6.18 Å². The number of benzene rings is 2. The lowest BCUT2D eigenvalue weighted by Crippen LogP contribution is -2.42. The number of anilines is 1. The number of carbonyl (C=O) groups is 1. The lowest BCUT2D eigenvalue weighted by molar-refractivity contribution is -0.137. The molecular formula is C17H12F3N3O. The number of para-hydroxylation sites is 1. The van der Waals surface area contributed by atoms with E-state index in [-0.39, 0.29) is 12.3 Å². The molecule has 24 heavy (non-hydrogen) atoms. The van der Waals surface area contributed by atoms with E-state index >= 15 is 0 Å². The average molecular weight is 331 g/mol. The SMILES string of the molecule is O=C1Nc2ccccc2C12CC(c1cccc(C(F)(F)F)c1)=NN2. The summed E-state index contributed by atoms with van der Waals surface area (Å²) in [6, 6.07) is 12.2. The largest absolute Gasteiger partial charge is 0.416 e. The highest BCUT2D eigenvalue weighted by atomic mass is 19.4. The minimum atomic E-state index is -4.42. The van der Waals surface area contributed by atoms with Gasteiger partial charge in [0.05, 0.1) is 11.3 Å². The first-order valence-corrected chi connectivity index (χ1v) is 7.32. The van der Waals surface area contributed by atoms with Crippen LogP contribution in [0.3, 0.4) is 0 Å². The molecule has 0 saturated carbocycles. The molecule has 2 aromatic carbocycles. The van der Waals surface area contributed by atoms with E-state index in [4.69, 9.17) is 0 Å². The zero-order chi connectivity index (χ0) is 16.9. The fraction of sp³-hybridized carbons (Fsp3) is 0.176. The van der Waals surface area contributed by atoms with Gasteiger partial charge in [0.1, 0.15) is 0 Å². The van der Waals surface area contributed by atoms with Gasteiger partial charge in [0.15, 0.2) is 5.54 Å². The van der Waals surface area contributed by atoms with Gasteiger partial charge in [-0.3, -0.25) is 10.2 Å². The third-order valence-corrected chi connectivity index (χ3v) is 4.36. The van der Waals surface area contributed by atoms with Crippen LogP contribution >= 0.6 is 0 Å². The zero-order valence-corrected chi connectivity index (χ0v) is 12.3. The quantitative estimate of drug-likeness (QED) is 0.843. The number of nitrogens with one attached hydrogen (secondary N) is 2. The van der Waals surface area contributed by atoms with Crippen molar-refractivity contribution in [2.24, 2.45) is 5.10 Å². The van der Waals surface area contributed by atoms with Gasteiger partial charge in [-0.05, 0) is 23.8 Å². The highest BCUT2D eigenvalue weighted by molar-refractivity contribution is 6.13. The Morgan fingerprint density at radius 2 is 1.88 bits per heavy atom. The molecule has 122 valence electrons. The standard InChI is InChI=1S/C17H12F3N3O/c18-17(19,20)11-5-3-4-10(8-11)14-9-16(23-22-14)12-6-1-2-7-13(12)21-15(16)24/h1-8,23H,9H2,(H,21,24). The van der Waals surface area contributed by atoms with Gasteiger partial charge in [-0.15, -0.1) is 0 Å². The molecule has 0 saturated heterocycles. The van der Waals surface area contributed by atoms with Crippen LogP contribution in [0.2, 0.25) is 0 Å². The maximum Gasteiger partial charge on any atom is 0.416 e. The Morgan fingerprint density at radius 3 is 2.67 bits per heavy atom. The van der Waals surface area contributed by atoms with Gasteiger partial charge in [-0.2, -0.15) is 18.3 Å². The molecule has 1 amide bonds. The van der Waals surface area contributed by atoms with Gasteiger partial charge < -0.3 is 5.32 Å². The van der Waals surface area contributed by atoms with Gasteiger partial charge in [0, 0.05) is 17.7 Å². The summed E-state index contributed by atoms with van der Waals surface area (Å²) in [7, 11) is 0. The average Bonchev–Trinajstić information content (AvgIpc) is 3.11. The number of alkyl halides is 3. The second-order valence-corrected chi connectivity index (χ2v) is 5.83. The second-order valence-electron chi connectivity index (χ2n) is 5.83. The van der Waals surface area contributed by atoms with E-state index in [2.05, 4.69) is 15.8 Å². The van der Waals surface area contributed by atoms with Crippen LogP contribution < -0.4 is 10.7 Å². The molecular weight excluding hydrogens is 319 g/mol. The van der Waals surface area contributed by atoms with Crippen LogP contribution in [-0.4, -0.2) is 11.6 Å². The molecule has 0 bridgehead atoms. The van der Waals surface area contributed by atoms with Crippen molar-refractivity contribution in [2.75, 3.05) is 5.32 Å². The van der Waals surface area contributed by atoms with Crippen molar-refractivity contribution in [2.45, 2.75) is 18.1 Å². The van der Waals surface area contributed by atoms with Crippen LogP contribution in [0.25, 0.3) is 0 Å². The molecule has 1 atom stereocenters. The Kier molecular flexibility index (Phi) is 2.97. The number of rotatable bonds is 1. The number of hydrazone groups is 1. The van der Waals surface area contributed by atoms with Crippen LogP contribution in [0.1, 0.15) is 23.1 Å². The zero-order valence-electron chi connectivity index (χ0n) is 12.3. The molecule has 2 aromatic rings. The molecule has 1 spiro atoms. The van der Waals surface area contributed by atoms with Crippen molar-refractivity contribution in [3.63, 3.8) is 0 Å². The van der Waals surface area contributed by atoms with E-state index in [1.165, 1.54) is 6.07 Å². The number of nitrogens with zero attached hydrogens (tertiary/aromatic N) is 1. The summed E-state index contributed by atoms with van der Waals surface area (Å²) in [5.41, 5.74) is 3.27. The highest BCUT2D eigenvalue weighted by Crippen LogP contribution is 2.41. The first-order valence-electron chi connectivity index (χ1n) is 7.32. The van der Waals surface area contributed by atoms with Crippen molar-refractivity contribution >= 4 is 17.3 Å². The molecule has 4 nitrogen and oxygen atoms in total. The predicted molar refractivity (Wildman–Crippen MR) is 82.5 cm³/mol. The first-order chi connectivity index (χ1) is 11.4. The summed E-state index contributed by atoms with van der Waals surface area (Å²) in [4.78, 5) is 12.4. The van der Waals surface area contributed by atoms with E-state index in [1.807, 2.05) is 18.2 Å². The van der Waals surface area contributed by atoms with Gasteiger partial charge in [-0.25, -0.2) is 0 Å². The van der Waals surface area contributed by atoms with E-state index in [0.29, 0.717) is 17.0 Å². The molecule has 4 rings (SSSR count). The van der Waals surface area contributed by atoms with Gasteiger partial charge in [-0.1, -0.05) is 30.3 Å². The lowest BCUT2D eigenvalue weighted by atomic mass is 9.86. The summed E-state index contributed by atoms with van der Waals surface area (Å²) in [6.07, 6.45) is -4.23. The predicted octanol–water partition coefficient (Wildman–Crippen LogP) is 3.25. The fourth-order valence-electron chi connectivity index (χ4n) is 3.14. The third kappa shape index (κ3) is 2.08. The summed E-state index contributed by atoms with van der Waals surface area (Å²) >= 11 is 0. The minimum Gasteiger partial charge on any atom is -0.323 e. The maximum atomic E-state index is 12.9. The molecule has 0 aliphatic carbocycles. The first kappa shape index (κ1) is 14.7. The number of amides is 1. The van der Waals surface area contributed by atoms with Gasteiger partial charge in [0.2, 0.25) is 0 Å². The number of fused-ring (bicyclic) bond motifs is 2. The molecule has 7 heteroatoms. The van der Waals surface area contributed by atoms with Crippen LogP contribution in [0.15, 0.2) is 53.6 Å². The van der Waals surface area contributed by atoms with Crippen molar-refractivity contribution in [3.05, 3.63) is 65.2 Å². The molecule has 2 heterocycles. The summed E-state index contributed by atoms with van der Waals surface area (Å²) in [6.45, 7) is 0. The Bertz CT molecular complexity index is 875. The van der Waals surface area contributed by atoms with Crippen molar-refractivity contribution in [1.29, 1.82) is 0 Å². The molecule has 0 fully saturated rings. The van der Waals surface area contributed by atoms with Crippen molar-refractivity contribution in [1.82, 2.24) is 5.43 Å². The normalized spacial score (nSPS) is 22.1. The number of hydrogen-bond acceptors (Lipinski definition) is 3. The van der Waals surface area contributed by atoms with E-state index in [9.17, 15) is 18.0 Å². The van der Waals surface area contributed by atoms with Crippen LogP contribution in [0.5, 0.6) is 0 Å². The molecule has 0 radical (unpaired) electrons. The van der Waals surface area contributed by atoms with Crippen molar-refractivity contribution in [3.8, 4) is 0 Å². The van der Waals surface area contributed by atoms with Crippen LogP contribution in [-0.2, 0) is 16.5 Å². The Hall–Kier alpha value is -2.83. The summed E-state index contributed by atoms with van der Waals surface area (Å²) in [5.74, 6) is -0.255. The van der Waals surface area contributed by atoms with Gasteiger partial charge in [0.25, 0.3) is 5.91 Å². The van der Waals surface area contributed by atoms with E-state index < -0.39 is 17.3 Å². The highest BCUT2D eigenvalue weighted by Gasteiger charge is 2.50. The lowest BCUT2D eigenvalue weighted by Gasteiger charge is -2.20. The molecule has 1 unspecified atom stereocenters. The summed E-state index contributed by atoms with van der Waals surface area (Å²) < 4.78 is 38.7. The number of hydrogen-bond donors (Lipinski definition) is 2. The van der Waals surface area contributed by atoms with Crippen molar-refractivity contribution < 1.29 is 18.0 Å². The molecule has 2 aliphatic rings. The Balaban J connectivity index is 1.69. The molecule has 2 aliphatic heterocycles. The Morgan fingerprint density at radius 1 is 1.08 bits per heavy atom. The van der Waals surface area contributed by atoms with E-state index in [1.54, 1.807) is 12.1 Å². The van der Waals surface area contributed by atoms with Crippen LogP contribution in [0.4, 0.5) is 18.9 Å². The Labute approximate surface area is 135 Å². The topological polar surface area (TPSA) is 53.5 Å². The summed E-state index contributed by atoms with van der Waals surface area (Å²) in [5, 5.41) is 6.94. The molecule has 0 aromatic heterocycles. The number of carbonyl (C=O) groups excluding carboxylic acids is 1. The minimum absolute atomic E-state index is 0.192. The fourth-order valence-corrected chi connectivity index (χ4v) is 3.14. The maximum absolute atomic E-state index is 12.9. The molecule has 2 N–H and O–H groups in total.